The van der Waals surface area contributed by atoms with Crippen molar-refractivity contribution in [3.8, 4) is 5.75 Å². The summed E-state index contributed by atoms with van der Waals surface area (Å²) in [5, 5.41) is 0. The van der Waals surface area contributed by atoms with Crippen LogP contribution in [-0.2, 0) is 15.9 Å². The third kappa shape index (κ3) is 4.92. The number of carbonyl (C=O) groups excluding carboxylic acids is 1. The molecule has 0 radical (unpaired) electrons. The lowest BCUT2D eigenvalue weighted by atomic mass is 9.80. The SMILES string of the molecule is COC(=O)OC1=CCCN(CCC2Cc3ccccc3OC2(C)C)C1.Cl. The second-order valence-corrected chi connectivity index (χ2v) is 7.29. The number of rotatable bonds is 4. The summed E-state index contributed by atoms with van der Waals surface area (Å²) in [5.41, 5.74) is 1.12. The van der Waals surface area contributed by atoms with Gasteiger partial charge in [-0.15, -0.1) is 12.4 Å². The molecule has 2 aliphatic heterocycles. The lowest BCUT2D eigenvalue weighted by Gasteiger charge is -2.41. The summed E-state index contributed by atoms with van der Waals surface area (Å²) in [6.45, 7) is 6.95. The molecule has 0 fully saturated rings. The molecule has 0 bridgehead atoms. The van der Waals surface area contributed by atoms with E-state index in [1.807, 2.05) is 12.1 Å². The summed E-state index contributed by atoms with van der Waals surface area (Å²) in [6.07, 6.45) is 4.30. The molecular weight excluding hydrogens is 354 g/mol. The highest BCUT2D eigenvalue weighted by atomic mass is 35.5. The van der Waals surface area contributed by atoms with E-state index in [0.29, 0.717) is 18.2 Å². The Kier molecular flexibility index (Phi) is 6.95. The van der Waals surface area contributed by atoms with Crippen LogP contribution in [0.15, 0.2) is 36.1 Å². The third-order valence-corrected chi connectivity index (χ3v) is 5.17. The topological polar surface area (TPSA) is 48.0 Å². The average Bonchev–Trinajstić information content (AvgIpc) is 2.59. The maximum Gasteiger partial charge on any atom is 0.513 e. The molecule has 0 amide bonds. The number of nitrogens with zero attached hydrogens (tertiary/aromatic N) is 1. The molecule has 1 unspecified atom stereocenters. The van der Waals surface area contributed by atoms with E-state index in [4.69, 9.17) is 9.47 Å². The van der Waals surface area contributed by atoms with E-state index in [-0.39, 0.29) is 18.0 Å². The second kappa shape index (κ2) is 8.78. The first kappa shape index (κ1) is 20.6. The van der Waals surface area contributed by atoms with Crippen molar-refractivity contribution in [2.24, 2.45) is 5.92 Å². The number of para-hydroxylation sites is 1. The number of benzene rings is 1. The van der Waals surface area contributed by atoms with Gasteiger partial charge in [-0.2, -0.15) is 0 Å². The average molecular weight is 382 g/mol. The van der Waals surface area contributed by atoms with Crippen molar-refractivity contribution in [3.05, 3.63) is 41.7 Å². The Balaban J connectivity index is 0.00000243. The predicted octanol–water partition coefficient (Wildman–Crippen LogP) is 4.20. The van der Waals surface area contributed by atoms with Crippen LogP contribution in [0.1, 0.15) is 32.3 Å². The number of methoxy groups -OCH3 is 1. The lowest BCUT2D eigenvalue weighted by molar-refractivity contribution is 0.0175. The molecule has 0 aliphatic carbocycles. The predicted molar refractivity (Wildman–Crippen MR) is 103 cm³/mol. The Labute approximate surface area is 161 Å². The fourth-order valence-electron chi connectivity index (χ4n) is 3.62. The first-order valence-corrected chi connectivity index (χ1v) is 8.92. The fourth-order valence-corrected chi connectivity index (χ4v) is 3.62. The Hall–Kier alpha value is -1.72. The second-order valence-electron chi connectivity index (χ2n) is 7.29. The van der Waals surface area contributed by atoms with Crippen LogP contribution < -0.4 is 4.74 Å². The third-order valence-electron chi connectivity index (χ3n) is 5.17. The van der Waals surface area contributed by atoms with Gasteiger partial charge in [-0.25, -0.2) is 4.79 Å². The van der Waals surface area contributed by atoms with Crippen LogP contribution in [0.4, 0.5) is 4.79 Å². The van der Waals surface area contributed by atoms with E-state index in [1.54, 1.807) is 0 Å². The Morgan fingerprint density at radius 3 is 2.88 bits per heavy atom. The minimum Gasteiger partial charge on any atom is -0.487 e. The van der Waals surface area contributed by atoms with Crippen molar-refractivity contribution in [2.45, 2.75) is 38.7 Å². The summed E-state index contributed by atoms with van der Waals surface area (Å²) in [6, 6.07) is 8.31. The van der Waals surface area contributed by atoms with E-state index >= 15 is 0 Å². The van der Waals surface area contributed by atoms with Crippen LogP contribution in [0.3, 0.4) is 0 Å². The molecule has 0 N–H and O–H groups in total. The van der Waals surface area contributed by atoms with Crippen molar-refractivity contribution in [3.63, 3.8) is 0 Å². The summed E-state index contributed by atoms with van der Waals surface area (Å²) in [4.78, 5) is 13.6. The quantitative estimate of drug-likeness (QED) is 0.731. The van der Waals surface area contributed by atoms with Crippen LogP contribution in [0.25, 0.3) is 0 Å². The van der Waals surface area contributed by atoms with Gasteiger partial charge in [-0.05, 0) is 57.4 Å². The molecule has 3 rings (SSSR count). The van der Waals surface area contributed by atoms with E-state index in [1.165, 1.54) is 12.7 Å². The highest BCUT2D eigenvalue weighted by molar-refractivity contribution is 5.85. The van der Waals surface area contributed by atoms with Gasteiger partial charge in [0.25, 0.3) is 0 Å². The molecule has 0 aromatic heterocycles. The van der Waals surface area contributed by atoms with Crippen molar-refractivity contribution >= 4 is 18.6 Å². The standard InChI is InChI=1S/C20H27NO4.ClH/c1-20(2)16(13-15-7-4-5-9-18(15)25-20)10-12-21-11-6-8-17(14-21)24-19(22)23-3;/h4-5,7-9,16H,6,10-14H2,1-3H3;1H. The summed E-state index contributed by atoms with van der Waals surface area (Å²) >= 11 is 0. The molecular formula is C20H28ClNO4. The largest absolute Gasteiger partial charge is 0.513 e. The molecule has 1 aromatic carbocycles. The molecule has 1 atom stereocenters. The van der Waals surface area contributed by atoms with E-state index in [0.717, 1.165) is 38.1 Å². The molecule has 26 heavy (non-hydrogen) atoms. The van der Waals surface area contributed by atoms with E-state index in [9.17, 15) is 4.79 Å². The van der Waals surface area contributed by atoms with Gasteiger partial charge in [-0.1, -0.05) is 18.2 Å². The normalized spacial score (nSPS) is 21.5. The molecule has 6 heteroatoms. The Bertz CT molecular complexity index is 659. The van der Waals surface area contributed by atoms with Crippen LogP contribution in [0.2, 0.25) is 0 Å². The zero-order chi connectivity index (χ0) is 17.9. The Morgan fingerprint density at radius 2 is 2.12 bits per heavy atom. The van der Waals surface area contributed by atoms with Crippen molar-refractivity contribution < 1.29 is 19.0 Å². The molecule has 2 aliphatic rings. The van der Waals surface area contributed by atoms with Gasteiger partial charge in [0.05, 0.1) is 13.7 Å². The van der Waals surface area contributed by atoms with E-state index in [2.05, 4.69) is 41.7 Å². The summed E-state index contributed by atoms with van der Waals surface area (Å²) < 4.78 is 16.0. The van der Waals surface area contributed by atoms with Gasteiger partial charge < -0.3 is 14.2 Å². The first-order chi connectivity index (χ1) is 12.0. The summed E-state index contributed by atoms with van der Waals surface area (Å²) in [7, 11) is 1.33. The van der Waals surface area contributed by atoms with Gasteiger partial charge in [0, 0.05) is 12.5 Å². The highest BCUT2D eigenvalue weighted by Gasteiger charge is 2.36. The van der Waals surface area contributed by atoms with Crippen LogP contribution in [0.5, 0.6) is 5.75 Å². The minimum atomic E-state index is -0.647. The number of ether oxygens (including phenoxy) is 3. The number of halogens is 1. The number of carbonyl (C=O) groups is 1. The zero-order valence-corrected chi connectivity index (χ0v) is 16.5. The fraction of sp³-hybridized carbons (Fsp3) is 0.550. The maximum atomic E-state index is 11.3. The maximum absolute atomic E-state index is 11.3. The number of hydrogen-bond acceptors (Lipinski definition) is 5. The molecule has 0 saturated heterocycles. The highest BCUT2D eigenvalue weighted by Crippen LogP contribution is 2.38. The van der Waals surface area contributed by atoms with Crippen molar-refractivity contribution in [1.82, 2.24) is 4.90 Å². The molecule has 0 spiro atoms. The smallest absolute Gasteiger partial charge is 0.487 e. The van der Waals surface area contributed by atoms with Crippen molar-refractivity contribution in [2.75, 3.05) is 26.7 Å². The first-order valence-electron chi connectivity index (χ1n) is 8.92. The van der Waals surface area contributed by atoms with Gasteiger partial charge >= 0.3 is 6.16 Å². The zero-order valence-electron chi connectivity index (χ0n) is 15.7. The Morgan fingerprint density at radius 1 is 1.35 bits per heavy atom. The molecule has 144 valence electrons. The molecule has 0 saturated carbocycles. The van der Waals surface area contributed by atoms with Gasteiger partial charge in [-0.3, -0.25) is 4.90 Å². The monoisotopic (exact) mass is 381 g/mol. The van der Waals surface area contributed by atoms with E-state index < -0.39 is 6.16 Å². The van der Waals surface area contributed by atoms with Crippen LogP contribution in [-0.4, -0.2) is 43.4 Å². The van der Waals surface area contributed by atoms with Crippen molar-refractivity contribution in [1.29, 1.82) is 0 Å². The molecule has 5 nitrogen and oxygen atoms in total. The molecule has 2 heterocycles. The van der Waals surface area contributed by atoms with Crippen LogP contribution in [0, 0.1) is 5.92 Å². The number of fused-ring (bicyclic) bond motifs is 1. The molecule has 1 aromatic rings. The summed E-state index contributed by atoms with van der Waals surface area (Å²) in [5.74, 6) is 2.15. The van der Waals surface area contributed by atoms with Crippen LogP contribution >= 0.6 is 12.4 Å². The van der Waals surface area contributed by atoms with Gasteiger partial charge in [0.2, 0.25) is 0 Å². The number of hydrogen-bond donors (Lipinski definition) is 0. The van der Waals surface area contributed by atoms with Gasteiger partial charge in [0.1, 0.15) is 17.1 Å². The van der Waals surface area contributed by atoms with Gasteiger partial charge in [0.15, 0.2) is 0 Å². The lowest BCUT2D eigenvalue weighted by Crippen LogP contribution is -2.44. The minimum absolute atomic E-state index is 0.